The molecule has 0 aromatic heterocycles. The van der Waals surface area contributed by atoms with Crippen LogP contribution in [0.25, 0.3) is 0 Å². The lowest BCUT2D eigenvalue weighted by molar-refractivity contribution is 0.535. The van der Waals surface area contributed by atoms with E-state index in [2.05, 4.69) is 66.7 Å². The minimum absolute atomic E-state index is 0.582. The van der Waals surface area contributed by atoms with Crippen molar-refractivity contribution < 1.29 is 0 Å². The van der Waals surface area contributed by atoms with Crippen LogP contribution in [-0.4, -0.2) is 13.1 Å². The molecule has 0 fully saturated rings. The summed E-state index contributed by atoms with van der Waals surface area (Å²) in [4.78, 5) is 2.51. The van der Waals surface area contributed by atoms with Crippen LogP contribution in [0.5, 0.6) is 0 Å². The summed E-state index contributed by atoms with van der Waals surface area (Å²) >= 11 is 3.63. The van der Waals surface area contributed by atoms with Crippen LogP contribution in [0.15, 0.2) is 22.7 Å². The van der Waals surface area contributed by atoms with E-state index in [1.54, 1.807) is 0 Å². The van der Waals surface area contributed by atoms with Crippen molar-refractivity contribution in [2.75, 3.05) is 18.0 Å². The Morgan fingerprint density at radius 2 is 1.60 bits per heavy atom. The average Bonchev–Trinajstić information content (AvgIpc) is 2.38. The summed E-state index contributed by atoms with van der Waals surface area (Å²) in [6.45, 7) is 12.0. The second-order valence-electron chi connectivity index (χ2n) is 6.33. The minimum Gasteiger partial charge on any atom is -0.371 e. The van der Waals surface area contributed by atoms with Gasteiger partial charge in [0.25, 0.3) is 0 Å². The molecule has 0 saturated heterocycles. The van der Waals surface area contributed by atoms with Gasteiger partial charge in [0, 0.05) is 29.8 Å². The van der Waals surface area contributed by atoms with Crippen molar-refractivity contribution >= 4 is 21.6 Å². The van der Waals surface area contributed by atoms with Gasteiger partial charge in [0.05, 0.1) is 0 Å². The van der Waals surface area contributed by atoms with Gasteiger partial charge < -0.3 is 10.6 Å². The van der Waals surface area contributed by atoms with E-state index in [1.807, 2.05) is 0 Å². The van der Waals surface area contributed by atoms with Crippen LogP contribution in [0.3, 0.4) is 0 Å². The van der Waals surface area contributed by atoms with Gasteiger partial charge in [-0.25, -0.2) is 0 Å². The fourth-order valence-electron chi connectivity index (χ4n) is 2.10. The number of hydrogen-bond donors (Lipinski definition) is 1. The topological polar surface area (TPSA) is 29.3 Å². The Kier molecular flexibility index (Phi) is 7.60. The maximum Gasteiger partial charge on any atom is 0.0377 e. The van der Waals surface area contributed by atoms with E-state index in [-0.39, 0.29) is 0 Å². The predicted octanol–water partition coefficient (Wildman–Crippen LogP) is 4.81. The molecule has 0 heterocycles. The molecule has 0 aliphatic rings. The van der Waals surface area contributed by atoms with Crippen molar-refractivity contribution in [2.45, 2.75) is 47.1 Å². The third-order valence-electron chi connectivity index (χ3n) is 3.57. The number of halogens is 1. The standard InChI is InChI=1S/C17H29BrN2/c1-13(2)7-9-20(10-8-14(3)4)16-6-5-15(12-19)17(18)11-16/h5-6,11,13-14H,7-10,12,19H2,1-4H3. The molecule has 0 unspecified atom stereocenters. The Morgan fingerprint density at radius 1 is 1.05 bits per heavy atom. The first-order valence-electron chi connectivity index (χ1n) is 7.67. The molecule has 2 nitrogen and oxygen atoms in total. The van der Waals surface area contributed by atoms with Gasteiger partial charge in [0.2, 0.25) is 0 Å². The lowest BCUT2D eigenvalue weighted by Gasteiger charge is -2.27. The molecule has 1 aromatic rings. The van der Waals surface area contributed by atoms with Gasteiger partial charge in [-0.1, -0.05) is 49.7 Å². The molecule has 0 saturated carbocycles. The van der Waals surface area contributed by atoms with Crippen LogP contribution in [-0.2, 0) is 6.54 Å². The smallest absolute Gasteiger partial charge is 0.0377 e. The fraction of sp³-hybridized carbons (Fsp3) is 0.647. The first kappa shape index (κ1) is 17.5. The summed E-state index contributed by atoms with van der Waals surface area (Å²) in [7, 11) is 0. The van der Waals surface area contributed by atoms with Crippen LogP contribution in [0.2, 0.25) is 0 Å². The SMILES string of the molecule is CC(C)CCN(CCC(C)C)c1ccc(CN)c(Br)c1. The lowest BCUT2D eigenvalue weighted by Crippen LogP contribution is -2.27. The van der Waals surface area contributed by atoms with E-state index in [1.165, 1.54) is 24.1 Å². The van der Waals surface area contributed by atoms with Crippen LogP contribution in [0.4, 0.5) is 5.69 Å². The molecular weight excluding hydrogens is 312 g/mol. The lowest BCUT2D eigenvalue weighted by atomic mass is 10.1. The van der Waals surface area contributed by atoms with E-state index < -0.39 is 0 Å². The first-order valence-corrected chi connectivity index (χ1v) is 8.46. The zero-order chi connectivity index (χ0) is 15.1. The number of hydrogen-bond acceptors (Lipinski definition) is 2. The highest BCUT2D eigenvalue weighted by atomic mass is 79.9. The van der Waals surface area contributed by atoms with E-state index in [0.717, 1.165) is 29.4 Å². The number of nitrogens with zero attached hydrogens (tertiary/aromatic N) is 1. The summed E-state index contributed by atoms with van der Waals surface area (Å²) in [5, 5.41) is 0. The van der Waals surface area contributed by atoms with Crippen LogP contribution < -0.4 is 10.6 Å². The van der Waals surface area contributed by atoms with Crippen LogP contribution in [0, 0.1) is 11.8 Å². The Morgan fingerprint density at radius 3 is 2.00 bits per heavy atom. The third-order valence-corrected chi connectivity index (χ3v) is 4.31. The van der Waals surface area contributed by atoms with Gasteiger partial charge >= 0.3 is 0 Å². The number of anilines is 1. The zero-order valence-corrected chi connectivity index (χ0v) is 14.9. The maximum atomic E-state index is 5.73. The van der Waals surface area contributed by atoms with Gasteiger partial charge in [0.15, 0.2) is 0 Å². The number of rotatable bonds is 8. The van der Waals surface area contributed by atoms with Crippen molar-refractivity contribution in [3.8, 4) is 0 Å². The molecule has 0 amide bonds. The van der Waals surface area contributed by atoms with E-state index >= 15 is 0 Å². The third kappa shape index (κ3) is 5.84. The molecule has 0 atom stereocenters. The number of benzene rings is 1. The molecule has 3 heteroatoms. The second-order valence-corrected chi connectivity index (χ2v) is 7.19. The highest BCUT2D eigenvalue weighted by molar-refractivity contribution is 9.10. The van der Waals surface area contributed by atoms with E-state index in [4.69, 9.17) is 5.73 Å². The quantitative estimate of drug-likeness (QED) is 0.735. The molecule has 114 valence electrons. The highest BCUT2D eigenvalue weighted by Crippen LogP contribution is 2.25. The molecule has 2 N–H and O–H groups in total. The second kappa shape index (κ2) is 8.68. The van der Waals surface area contributed by atoms with Crippen molar-refractivity contribution in [1.29, 1.82) is 0 Å². The Balaban J connectivity index is 2.82. The average molecular weight is 341 g/mol. The van der Waals surface area contributed by atoms with Gasteiger partial charge in [0.1, 0.15) is 0 Å². The van der Waals surface area contributed by atoms with Crippen LogP contribution in [0.1, 0.15) is 46.1 Å². The van der Waals surface area contributed by atoms with Crippen LogP contribution >= 0.6 is 15.9 Å². The van der Waals surface area contributed by atoms with Crippen molar-refractivity contribution in [1.82, 2.24) is 0 Å². The summed E-state index contributed by atoms with van der Waals surface area (Å²) in [5.41, 5.74) is 8.20. The summed E-state index contributed by atoms with van der Waals surface area (Å²) in [6, 6.07) is 6.55. The molecule has 20 heavy (non-hydrogen) atoms. The van der Waals surface area contributed by atoms with Crippen molar-refractivity contribution in [3.05, 3.63) is 28.2 Å². The Bertz CT molecular complexity index is 390. The normalized spacial score (nSPS) is 11.4. The van der Waals surface area contributed by atoms with Crippen molar-refractivity contribution in [2.24, 2.45) is 17.6 Å². The summed E-state index contributed by atoms with van der Waals surface area (Å²) in [5.74, 6) is 1.48. The maximum absolute atomic E-state index is 5.73. The van der Waals surface area contributed by atoms with Gasteiger partial charge in [-0.2, -0.15) is 0 Å². The molecule has 0 bridgehead atoms. The summed E-state index contributed by atoms with van der Waals surface area (Å²) in [6.07, 6.45) is 2.46. The largest absolute Gasteiger partial charge is 0.371 e. The Hall–Kier alpha value is -0.540. The van der Waals surface area contributed by atoms with Crippen molar-refractivity contribution in [3.63, 3.8) is 0 Å². The highest BCUT2D eigenvalue weighted by Gasteiger charge is 2.10. The zero-order valence-electron chi connectivity index (χ0n) is 13.3. The molecule has 0 aliphatic carbocycles. The fourth-order valence-corrected chi connectivity index (χ4v) is 2.63. The summed E-state index contributed by atoms with van der Waals surface area (Å²) < 4.78 is 1.12. The Labute approximate surface area is 132 Å². The molecule has 0 spiro atoms. The predicted molar refractivity (Wildman–Crippen MR) is 93.2 cm³/mol. The van der Waals surface area contributed by atoms with Gasteiger partial charge in [-0.15, -0.1) is 0 Å². The number of nitrogens with two attached hydrogens (primary N) is 1. The monoisotopic (exact) mass is 340 g/mol. The molecule has 0 aliphatic heterocycles. The molecule has 1 rings (SSSR count). The molecule has 1 aromatic carbocycles. The first-order chi connectivity index (χ1) is 9.43. The van der Waals surface area contributed by atoms with E-state index in [0.29, 0.717) is 6.54 Å². The van der Waals surface area contributed by atoms with Gasteiger partial charge in [-0.3, -0.25) is 0 Å². The molecule has 0 radical (unpaired) electrons. The minimum atomic E-state index is 0.582. The van der Waals surface area contributed by atoms with E-state index in [9.17, 15) is 0 Å². The van der Waals surface area contributed by atoms with Gasteiger partial charge in [-0.05, 0) is 42.4 Å². The molecular formula is C17H29BrN2.